The number of hydrogen-bond donors (Lipinski definition) is 2. The molecule has 0 saturated carbocycles. The Hall–Kier alpha value is -2.61. The van der Waals surface area contributed by atoms with Crippen LogP contribution in [0.5, 0.6) is 0 Å². The lowest BCUT2D eigenvalue weighted by Gasteiger charge is -2.23. The standard InChI is InChI=1S/C19H29N3O5/c1-19(2,3)27-17(24)21-11-16(23)15(20-4)12-22(5)18(25)26-13-14-9-7-6-8-10-14/h6-10,15,20H,11-13H2,1-5H3,(H,21,24). The predicted molar refractivity (Wildman–Crippen MR) is 101 cm³/mol. The van der Waals surface area contributed by atoms with E-state index in [2.05, 4.69) is 10.6 Å². The van der Waals surface area contributed by atoms with Gasteiger partial charge in [0.25, 0.3) is 0 Å². The molecule has 2 amide bonds. The van der Waals surface area contributed by atoms with E-state index < -0.39 is 23.8 Å². The molecule has 0 radical (unpaired) electrons. The summed E-state index contributed by atoms with van der Waals surface area (Å²) in [5.41, 5.74) is 0.236. The van der Waals surface area contributed by atoms with E-state index in [4.69, 9.17) is 9.47 Å². The van der Waals surface area contributed by atoms with Crippen LogP contribution in [0.15, 0.2) is 30.3 Å². The minimum absolute atomic E-state index is 0.110. The molecular weight excluding hydrogens is 350 g/mol. The predicted octanol–water partition coefficient (Wildman–Crippen LogP) is 1.94. The summed E-state index contributed by atoms with van der Waals surface area (Å²) in [5.74, 6) is -0.272. The maximum absolute atomic E-state index is 12.3. The van der Waals surface area contributed by atoms with E-state index in [1.807, 2.05) is 30.3 Å². The number of hydrogen-bond acceptors (Lipinski definition) is 6. The first kappa shape index (κ1) is 22.4. The molecular formula is C19H29N3O5. The van der Waals surface area contributed by atoms with Gasteiger partial charge in [0.15, 0.2) is 5.78 Å². The van der Waals surface area contributed by atoms with Crippen molar-refractivity contribution in [2.45, 2.75) is 39.0 Å². The molecule has 1 rings (SSSR count). The molecule has 0 aliphatic carbocycles. The number of rotatable bonds is 8. The minimum Gasteiger partial charge on any atom is -0.445 e. The van der Waals surface area contributed by atoms with Crippen molar-refractivity contribution in [1.82, 2.24) is 15.5 Å². The lowest BCUT2D eigenvalue weighted by molar-refractivity contribution is -0.120. The summed E-state index contributed by atoms with van der Waals surface area (Å²) in [4.78, 5) is 37.3. The van der Waals surface area contributed by atoms with Gasteiger partial charge in [0.2, 0.25) is 0 Å². The minimum atomic E-state index is -0.665. The first-order chi connectivity index (χ1) is 12.6. The smallest absolute Gasteiger partial charge is 0.409 e. The SMILES string of the molecule is CNC(CN(C)C(=O)OCc1ccccc1)C(=O)CNC(=O)OC(C)(C)C. The quantitative estimate of drug-likeness (QED) is 0.716. The Morgan fingerprint density at radius 1 is 1.15 bits per heavy atom. The van der Waals surface area contributed by atoms with E-state index in [0.717, 1.165) is 5.56 Å². The molecule has 1 aromatic rings. The van der Waals surface area contributed by atoms with Crippen LogP contribution in [-0.2, 0) is 20.9 Å². The Labute approximate surface area is 160 Å². The average molecular weight is 379 g/mol. The molecule has 0 heterocycles. The van der Waals surface area contributed by atoms with Gasteiger partial charge in [-0.1, -0.05) is 30.3 Å². The first-order valence-electron chi connectivity index (χ1n) is 8.71. The van der Waals surface area contributed by atoms with Crippen molar-refractivity contribution in [1.29, 1.82) is 0 Å². The fourth-order valence-corrected chi connectivity index (χ4v) is 2.13. The number of nitrogens with one attached hydrogen (secondary N) is 2. The third-order valence-electron chi connectivity index (χ3n) is 3.52. The van der Waals surface area contributed by atoms with Gasteiger partial charge in [0, 0.05) is 13.6 Å². The summed E-state index contributed by atoms with van der Waals surface area (Å²) in [7, 11) is 3.16. The highest BCUT2D eigenvalue weighted by Gasteiger charge is 2.23. The third-order valence-corrected chi connectivity index (χ3v) is 3.52. The Balaban J connectivity index is 2.44. The number of carbonyl (C=O) groups is 3. The van der Waals surface area contributed by atoms with E-state index in [1.165, 1.54) is 4.90 Å². The molecule has 0 spiro atoms. The van der Waals surface area contributed by atoms with Gasteiger partial charge in [0.05, 0.1) is 12.6 Å². The molecule has 1 aromatic carbocycles. The van der Waals surface area contributed by atoms with Crippen LogP contribution < -0.4 is 10.6 Å². The van der Waals surface area contributed by atoms with E-state index in [-0.39, 0.29) is 25.5 Å². The largest absolute Gasteiger partial charge is 0.445 e. The van der Waals surface area contributed by atoms with Crippen LogP contribution in [0.3, 0.4) is 0 Å². The maximum atomic E-state index is 12.3. The molecule has 150 valence electrons. The molecule has 0 saturated heterocycles. The van der Waals surface area contributed by atoms with Crippen molar-refractivity contribution < 1.29 is 23.9 Å². The van der Waals surface area contributed by atoms with Crippen LogP contribution in [-0.4, -0.2) is 61.7 Å². The normalized spacial score (nSPS) is 12.0. The second kappa shape index (κ2) is 10.5. The summed E-state index contributed by atoms with van der Waals surface area (Å²) in [6, 6.07) is 8.67. The number of alkyl carbamates (subject to hydrolysis) is 1. The molecule has 8 nitrogen and oxygen atoms in total. The van der Waals surface area contributed by atoms with Gasteiger partial charge in [-0.05, 0) is 33.4 Å². The summed E-state index contributed by atoms with van der Waals surface area (Å²) in [5, 5.41) is 5.26. The van der Waals surface area contributed by atoms with Gasteiger partial charge in [-0.3, -0.25) is 4.79 Å². The van der Waals surface area contributed by atoms with Crippen molar-refractivity contribution in [3.8, 4) is 0 Å². The molecule has 0 fully saturated rings. The highest BCUT2D eigenvalue weighted by Crippen LogP contribution is 2.06. The lowest BCUT2D eigenvalue weighted by atomic mass is 10.1. The first-order valence-corrected chi connectivity index (χ1v) is 8.71. The summed E-state index contributed by atoms with van der Waals surface area (Å²) >= 11 is 0. The lowest BCUT2D eigenvalue weighted by Crippen LogP contribution is -2.49. The zero-order valence-electron chi connectivity index (χ0n) is 16.6. The van der Waals surface area contributed by atoms with Gasteiger partial charge in [-0.15, -0.1) is 0 Å². The average Bonchev–Trinajstić information content (AvgIpc) is 2.61. The van der Waals surface area contributed by atoms with Gasteiger partial charge < -0.3 is 25.0 Å². The second-order valence-electron chi connectivity index (χ2n) is 7.08. The van der Waals surface area contributed by atoms with Gasteiger partial charge in [-0.25, -0.2) is 9.59 Å². The van der Waals surface area contributed by atoms with Gasteiger partial charge >= 0.3 is 12.2 Å². The fourth-order valence-electron chi connectivity index (χ4n) is 2.13. The van der Waals surface area contributed by atoms with Crippen LogP contribution >= 0.6 is 0 Å². The highest BCUT2D eigenvalue weighted by molar-refractivity contribution is 5.89. The summed E-state index contributed by atoms with van der Waals surface area (Å²) < 4.78 is 10.3. The third kappa shape index (κ3) is 9.05. The van der Waals surface area contributed by atoms with Crippen LogP contribution in [0.4, 0.5) is 9.59 Å². The number of benzene rings is 1. The Morgan fingerprint density at radius 3 is 2.33 bits per heavy atom. The number of amides is 2. The van der Waals surface area contributed by atoms with Crippen LogP contribution in [0.25, 0.3) is 0 Å². The molecule has 1 atom stereocenters. The number of likely N-dealkylation sites (N-methyl/N-ethyl adjacent to an activating group) is 2. The zero-order valence-corrected chi connectivity index (χ0v) is 16.6. The maximum Gasteiger partial charge on any atom is 0.409 e. The molecule has 0 aliphatic heterocycles. The Kier molecular flexibility index (Phi) is 8.74. The topological polar surface area (TPSA) is 97.0 Å². The van der Waals surface area contributed by atoms with Crippen molar-refractivity contribution in [3.63, 3.8) is 0 Å². The van der Waals surface area contributed by atoms with Crippen molar-refractivity contribution in [2.24, 2.45) is 0 Å². The molecule has 0 aliphatic rings. The monoisotopic (exact) mass is 379 g/mol. The molecule has 1 unspecified atom stereocenters. The second-order valence-corrected chi connectivity index (χ2v) is 7.08. The number of nitrogens with zero attached hydrogens (tertiary/aromatic N) is 1. The van der Waals surface area contributed by atoms with Crippen LogP contribution in [0, 0.1) is 0 Å². The Morgan fingerprint density at radius 2 is 1.78 bits per heavy atom. The molecule has 0 bridgehead atoms. The van der Waals surface area contributed by atoms with E-state index >= 15 is 0 Å². The number of Topliss-reactive ketones (excluding diaryl/α,β-unsaturated/α-hetero) is 1. The molecule has 0 aromatic heterocycles. The summed E-state index contributed by atoms with van der Waals surface area (Å²) in [6.45, 7) is 5.27. The molecule has 8 heteroatoms. The summed E-state index contributed by atoms with van der Waals surface area (Å²) in [6.07, 6.45) is -1.20. The molecule has 27 heavy (non-hydrogen) atoms. The van der Waals surface area contributed by atoms with Gasteiger partial charge in [0.1, 0.15) is 12.2 Å². The fraction of sp³-hybridized carbons (Fsp3) is 0.526. The Bertz CT molecular complexity index is 628. The van der Waals surface area contributed by atoms with E-state index in [9.17, 15) is 14.4 Å². The van der Waals surface area contributed by atoms with E-state index in [0.29, 0.717) is 0 Å². The van der Waals surface area contributed by atoms with Gasteiger partial charge in [-0.2, -0.15) is 0 Å². The van der Waals surface area contributed by atoms with E-state index in [1.54, 1.807) is 34.9 Å². The zero-order chi connectivity index (χ0) is 20.4. The van der Waals surface area contributed by atoms with Crippen molar-refractivity contribution in [2.75, 3.05) is 27.2 Å². The number of ether oxygens (including phenoxy) is 2. The number of carbonyl (C=O) groups excluding carboxylic acids is 3. The van der Waals surface area contributed by atoms with Crippen LogP contribution in [0.1, 0.15) is 26.3 Å². The number of ketones is 1. The van der Waals surface area contributed by atoms with Crippen LogP contribution in [0.2, 0.25) is 0 Å². The molecule has 2 N–H and O–H groups in total. The van der Waals surface area contributed by atoms with Crippen molar-refractivity contribution in [3.05, 3.63) is 35.9 Å². The highest BCUT2D eigenvalue weighted by atomic mass is 16.6. The van der Waals surface area contributed by atoms with Crippen molar-refractivity contribution >= 4 is 18.0 Å².